The van der Waals surface area contributed by atoms with Crippen molar-refractivity contribution >= 4 is 0 Å². The quantitative estimate of drug-likeness (QED) is 0.871. The number of methoxy groups -OCH3 is 1. The molecule has 1 aromatic rings. The van der Waals surface area contributed by atoms with Crippen molar-refractivity contribution in [3.63, 3.8) is 0 Å². The van der Waals surface area contributed by atoms with Gasteiger partial charge in [0.1, 0.15) is 0 Å². The smallest absolute Gasteiger partial charge is 0.0952 e. The molecule has 0 aliphatic heterocycles. The zero-order valence-corrected chi connectivity index (χ0v) is 11.2. The van der Waals surface area contributed by atoms with Gasteiger partial charge in [-0.15, -0.1) is 0 Å². The van der Waals surface area contributed by atoms with Crippen molar-refractivity contribution in [2.45, 2.75) is 50.8 Å². The van der Waals surface area contributed by atoms with Gasteiger partial charge in [-0.05, 0) is 40.2 Å². The van der Waals surface area contributed by atoms with Crippen LogP contribution in [0.25, 0.3) is 0 Å². The summed E-state index contributed by atoms with van der Waals surface area (Å²) in [6.07, 6.45) is 7.80. The molecule has 0 bridgehead atoms. The lowest BCUT2D eigenvalue weighted by Crippen LogP contribution is -2.37. The summed E-state index contributed by atoms with van der Waals surface area (Å²) in [5.74, 6) is 0. The van der Waals surface area contributed by atoms with Crippen LogP contribution in [0.5, 0.6) is 0 Å². The molecule has 2 unspecified atom stereocenters. The van der Waals surface area contributed by atoms with Gasteiger partial charge in [-0.1, -0.05) is 0 Å². The Hall–Kier alpha value is -0.870. The predicted octanol–water partition coefficient (Wildman–Crippen LogP) is 2.08. The van der Waals surface area contributed by atoms with Crippen molar-refractivity contribution in [2.24, 2.45) is 0 Å². The molecule has 2 atom stereocenters. The molecule has 0 saturated heterocycles. The Balaban J connectivity index is 2.30. The lowest BCUT2D eigenvalue weighted by molar-refractivity contribution is 0.0728. The number of hydrogen-bond acceptors (Lipinski definition) is 3. The van der Waals surface area contributed by atoms with Crippen LogP contribution in [0, 0.1) is 0 Å². The van der Waals surface area contributed by atoms with E-state index in [2.05, 4.69) is 28.7 Å². The number of nitrogens with one attached hydrogen (secondary N) is 1. The van der Waals surface area contributed by atoms with Crippen molar-refractivity contribution in [3.8, 4) is 0 Å². The Morgan fingerprint density at radius 1 is 1.47 bits per heavy atom. The van der Waals surface area contributed by atoms with E-state index >= 15 is 0 Å². The van der Waals surface area contributed by atoms with Crippen LogP contribution in [0.4, 0.5) is 0 Å². The summed E-state index contributed by atoms with van der Waals surface area (Å²) in [6, 6.07) is 0.435. The maximum Gasteiger partial charge on any atom is 0.0952 e. The first kappa shape index (κ1) is 12.6. The van der Waals surface area contributed by atoms with Gasteiger partial charge in [0.05, 0.1) is 35.9 Å². The van der Waals surface area contributed by atoms with Crippen LogP contribution < -0.4 is 5.32 Å². The van der Waals surface area contributed by atoms with Crippen molar-refractivity contribution in [2.75, 3.05) is 14.2 Å². The molecule has 1 aromatic heterocycles. The largest absolute Gasteiger partial charge is 0.379 e. The second-order valence-electron chi connectivity index (χ2n) is 5.33. The van der Waals surface area contributed by atoms with Gasteiger partial charge in [-0.2, -0.15) is 0 Å². The molecule has 2 rings (SSSR count). The Morgan fingerprint density at radius 2 is 2.24 bits per heavy atom. The molecule has 4 nitrogen and oxygen atoms in total. The standard InChI is InChI=1S/C13H23N3O/c1-13(2,14-3)12-8-15-9-16(12)10-6-5-7-11(10)17-4/h8-11,14H,5-7H2,1-4H3. The summed E-state index contributed by atoms with van der Waals surface area (Å²) < 4.78 is 7.87. The summed E-state index contributed by atoms with van der Waals surface area (Å²) >= 11 is 0. The van der Waals surface area contributed by atoms with Crippen LogP contribution in [0.15, 0.2) is 12.5 Å². The number of rotatable bonds is 4. The minimum absolute atomic E-state index is 0.0582. The normalized spacial score (nSPS) is 25.4. The van der Waals surface area contributed by atoms with Gasteiger partial charge in [0, 0.05) is 7.11 Å². The molecule has 1 heterocycles. The van der Waals surface area contributed by atoms with Crippen LogP contribution in [0.2, 0.25) is 0 Å². The van der Waals surface area contributed by atoms with Gasteiger partial charge >= 0.3 is 0 Å². The van der Waals surface area contributed by atoms with Crippen LogP contribution in [-0.2, 0) is 10.3 Å². The van der Waals surface area contributed by atoms with E-state index in [1.807, 2.05) is 26.7 Å². The molecule has 17 heavy (non-hydrogen) atoms. The number of hydrogen-bond donors (Lipinski definition) is 1. The van der Waals surface area contributed by atoms with E-state index in [0.717, 1.165) is 6.42 Å². The van der Waals surface area contributed by atoms with Crippen LogP contribution in [-0.4, -0.2) is 29.8 Å². The van der Waals surface area contributed by atoms with E-state index in [4.69, 9.17) is 4.74 Å². The third kappa shape index (κ3) is 2.24. The minimum atomic E-state index is -0.0582. The number of imidazole rings is 1. The Bertz CT molecular complexity index is 372. The Labute approximate surface area is 103 Å². The zero-order valence-electron chi connectivity index (χ0n) is 11.2. The van der Waals surface area contributed by atoms with Gasteiger partial charge in [0.25, 0.3) is 0 Å². The Kier molecular flexibility index (Phi) is 3.54. The molecule has 0 radical (unpaired) electrons. The first-order chi connectivity index (χ1) is 8.10. The molecule has 0 amide bonds. The van der Waals surface area contributed by atoms with E-state index < -0.39 is 0 Å². The lowest BCUT2D eigenvalue weighted by atomic mass is 10.0. The molecule has 0 aromatic carbocycles. The van der Waals surface area contributed by atoms with Crippen LogP contribution >= 0.6 is 0 Å². The molecule has 1 aliphatic carbocycles. The maximum absolute atomic E-state index is 5.58. The molecule has 1 fully saturated rings. The highest BCUT2D eigenvalue weighted by molar-refractivity contribution is 5.13. The van der Waals surface area contributed by atoms with Gasteiger partial charge in [-0.3, -0.25) is 0 Å². The molecule has 1 aliphatic rings. The maximum atomic E-state index is 5.58. The van der Waals surface area contributed by atoms with Gasteiger partial charge in [0.2, 0.25) is 0 Å². The van der Waals surface area contributed by atoms with Gasteiger partial charge in [-0.25, -0.2) is 4.98 Å². The number of aromatic nitrogens is 2. The van der Waals surface area contributed by atoms with Crippen molar-refractivity contribution in [1.82, 2.24) is 14.9 Å². The van der Waals surface area contributed by atoms with E-state index in [1.54, 1.807) is 0 Å². The highest BCUT2D eigenvalue weighted by Gasteiger charge is 2.32. The van der Waals surface area contributed by atoms with Gasteiger partial charge in [0.15, 0.2) is 0 Å². The van der Waals surface area contributed by atoms with E-state index in [1.165, 1.54) is 18.5 Å². The predicted molar refractivity (Wildman–Crippen MR) is 68.0 cm³/mol. The number of ether oxygens (including phenoxy) is 1. The lowest BCUT2D eigenvalue weighted by Gasteiger charge is -2.29. The topological polar surface area (TPSA) is 39.1 Å². The second kappa shape index (κ2) is 4.78. The third-order valence-electron chi connectivity index (χ3n) is 4.01. The van der Waals surface area contributed by atoms with E-state index in [-0.39, 0.29) is 5.54 Å². The number of nitrogens with zero attached hydrogens (tertiary/aromatic N) is 2. The van der Waals surface area contributed by atoms with Crippen molar-refractivity contribution in [1.29, 1.82) is 0 Å². The average molecular weight is 237 g/mol. The fourth-order valence-corrected chi connectivity index (χ4v) is 2.68. The summed E-state index contributed by atoms with van der Waals surface area (Å²) in [7, 11) is 3.79. The summed E-state index contributed by atoms with van der Waals surface area (Å²) in [6.45, 7) is 4.36. The molecule has 0 spiro atoms. The van der Waals surface area contributed by atoms with E-state index in [0.29, 0.717) is 12.1 Å². The first-order valence-electron chi connectivity index (χ1n) is 6.34. The average Bonchev–Trinajstić information content (AvgIpc) is 2.96. The third-order valence-corrected chi connectivity index (χ3v) is 4.01. The minimum Gasteiger partial charge on any atom is -0.379 e. The molecule has 96 valence electrons. The SMILES string of the molecule is CNC(C)(C)c1cncn1C1CCCC1OC. The highest BCUT2D eigenvalue weighted by Crippen LogP contribution is 2.35. The summed E-state index contributed by atoms with van der Waals surface area (Å²) in [5.41, 5.74) is 1.17. The van der Waals surface area contributed by atoms with Crippen LogP contribution in [0.3, 0.4) is 0 Å². The second-order valence-corrected chi connectivity index (χ2v) is 5.33. The van der Waals surface area contributed by atoms with Crippen molar-refractivity contribution in [3.05, 3.63) is 18.2 Å². The summed E-state index contributed by atoms with van der Waals surface area (Å²) in [4.78, 5) is 4.32. The fraction of sp³-hybridized carbons (Fsp3) is 0.769. The Morgan fingerprint density at radius 3 is 2.88 bits per heavy atom. The summed E-state index contributed by atoms with van der Waals surface area (Å²) in [5, 5.41) is 3.34. The molecule has 1 saturated carbocycles. The fourth-order valence-electron chi connectivity index (χ4n) is 2.68. The zero-order chi connectivity index (χ0) is 12.5. The van der Waals surface area contributed by atoms with Crippen molar-refractivity contribution < 1.29 is 4.74 Å². The molecular formula is C13H23N3O. The van der Waals surface area contributed by atoms with Crippen LogP contribution in [0.1, 0.15) is 44.8 Å². The highest BCUT2D eigenvalue weighted by atomic mass is 16.5. The van der Waals surface area contributed by atoms with E-state index in [9.17, 15) is 0 Å². The molecule has 4 heteroatoms. The molecular weight excluding hydrogens is 214 g/mol. The monoisotopic (exact) mass is 237 g/mol. The molecule has 1 N–H and O–H groups in total. The van der Waals surface area contributed by atoms with Gasteiger partial charge < -0.3 is 14.6 Å². The first-order valence-corrected chi connectivity index (χ1v) is 6.34.